The third-order valence-corrected chi connectivity index (χ3v) is 2.46. The van der Waals surface area contributed by atoms with Crippen LogP contribution in [0.4, 0.5) is 13.2 Å². The van der Waals surface area contributed by atoms with Gasteiger partial charge in [0.1, 0.15) is 11.9 Å². The van der Waals surface area contributed by atoms with Crippen molar-refractivity contribution in [1.29, 1.82) is 0 Å². The quantitative estimate of drug-likeness (QED) is 0.888. The summed E-state index contributed by atoms with van der Waals surface area (Å²) in [5.41, 5.74) is 0.398. The number of halogens is 3. The number of hydrogen-bond donors (Lipinski definition) is 1. The largest absolute Gasteiger partial charge is 0.496 e. The third kappa shape index (κ3) is 3.89. The molecule has 0 aliphatic rings. The standard InChI is InChI=1S/C12H15F3O3/c1-8(12(13,14)15)18-7-10(16)9-5-3-4-6-11(9)17-2/h3-6,8,10,16H,7H2,1-2H3. The molecule has 0 saturated carbocycles. The van der Waals surface area contributed by atoms with Crippen LogP contribution >= 0.6 is 0 Å². The van der Waals surface area contributed by atoms with Crippen LogP contribution in [0.2, 0.25) is 0 Å². The summed E-state index contributed by atoms with van der Waals surface area (Å²) >= 11 is 0. The Labute approximate surface area is 103 Å². The maximum atomic E-state index is 12.2. The fourth-order valence-corrected chi connectivity index (χ4v) is 1.36. The van der Waals surface area contributed by atoms with E-state index in [1.54, 1.807) is 24.3 Å². The van der Waals surface area contributed by atoms with Crippen molar-refractivity contribution in [3.05, 3.63) is 29.8 Å². The van der Waals surface area contributed by atoms with Crippen LogP contribution in [0.25, 0.3) is 0 Å². The van der Waals surface area contributed by atoms with Crippen LogP contribution in [0.3, 0.4) is 0 Å². The number of benzene rings is 1. The molecule has 0 aliphatic heterocycles. The van der Waals surface area contributed by atoms with Crippen molar-refractivity contribution in [3.63, 3.8) is 0 Å². The SMILES string of the molecule is COc1ccccc1C(O)COC(C)C(F)(F)F. The Morgan fingerprint density at radius 1 is 1.28 bits per heavy atom. The predicted molar refractivity (Wildman–Crippen MR) is 59.4 cm³/mol. The number of hydrogen-bond acceptors (Lipinski definition) is 3. The maximum absolute atomic E-state index is 12.2. The average molecular weight is 264 g/mol. The highest BCUT2D eigenvalue weighted by Crippen LogP contribution is 2.27. The van der Waals surface area contributed by atoms with E-state index in [0.29, 0.717) is 11.3 Å². The van der Waals surface area contributed by atoms with Gasteiger partial charge in [0.25, 0.3) is 0 Å². The van der Waals surface area contributed by atoms with E-state index >= 15 is 0 Å². The lowest BCUT2D eigenvalue weighted by molar-refractivity contribution is -0.219. The van der Waals surface area contributed by atoms with Crippen LogP contribution in [-0.2, 0) is 4.74 Å². The normalized spacial score (nSPS) is 15.2. The van der Waals surface area contributed by atoms with Gasteiger partial charge in [-0.3, -0.25) is 0 Å². The Morgan fingerprint density at radius 3 is 2.44 bits per heavy atom. The average Bonchev–Trinajstić information content (AvgIpc) is 2.34. The Bertz CT molecular complexity index is 379. The predicted octanol–water partition coefficient (Wildman–Crippen LogP) is 2.70. The summed E-state index contributed by atoms with van der Waals surface area (Å²) in [5.74, 6) is 0.410. The van der Waals surface area contributed by atoms with Crippen molar-refractivity contribution in [1.82, 2.24) is 0 Å². The molecule has 0 fully saturated rings. The Balaban J connectivity index is 2.63. The summed E-state index contributed by atoms with van der Waals surface area (Å²) in [6, 6.07) is 6.55. The van der Waals surface area contributed by atoms with Crippen LogP contribution < -0.4 is 4.74 Å². The first kappa shape index (κ1) is 14.8. The zero-order chi connectivity index (χ0) is 13.8. The van der Waals surface area contributed by atoms with Crippen LogP contribution in [0.1, 0.15) is 18.6 Å². The molecule has 1 aromatic rings. The monoisotopic (exact) mass is 264 g/mol. The van der Waals surface area contributed by atoms with E-state index in [-0.39, 0.29) is 0 Å². The van der Waals surface area contributed by atoms with Gasteiger partial charge >= 0.3 is 6.18 Å². The van der Waals surface area contributed by atoms with Crippen molar-refractivity contribution < 1.29 is 27.8 Å². The van der Waals surface area contributed by atoms with Crippen molar-refractivity contribution in [2.75, 3.05) is 13.7 Å². The summed E-state index contributed by atoms with van der Waals surface area (Å²) in [7, 11) is 1.42. The number of methoxy groups -OCH3 is 1. The second kappa shape index (κ2) is 6.06. The first-order valence-electron chi connectivity index (χ1n) is 5.35. The van der Waals surface area contributed by atoms with Gasteiger partial charge in [-0.15, -0.1) is 0 Å². The van der Waals surface area contributed by atoms with Gasteiger partial charge in [0.05, 0.1) is 13.7 Å². The minimum absolute atomic E-state index is 0.398. The summed E-state index contributed by atoms with van der Waals surface area (Å²) < 4.78 is 46.2. The zero-order valence-corrected chi connectivity index (χ0v) is 10.1. The van der Waals surface area contributed by atoms with E-state index in [0.717, 1.165) is 6.92 Å². The molecular formula is C12H15F3O3. The molecule has 18 heavy (non-hydrogen) atoms. The van der Waals surface area contributed by atoms with Gasteiger partial charge in [-0.25, -0.2) is 0 Å². The summed E-state index contributed by atoms with van der Waals surface area (Å²) in [4.78, 5) is 0. The van der Waals surface area contributed by atoms with Gasteiger partial charge in [-0.1, -0.05) is 18.2 Å². The molecule has 1 rings (SSSR count). The molecule has 2 unspecified atom stereocenters. The van der Waals surface area contributed by atoms with Gasteiger partial charge in [0, 0.05) is 5.56 Å². The minimum atomic E-state index is -4.43. The lowest BCUT2D eigenvalue weighted by atomic mass is 10.1. The second-order valence-corrected chi connectivity index (χ2v) is 3.77. The summed E-state index contributed by atoms with van der Waals surface area (Å²) in [6.07, 6.45) is -7.51. The fraction of sp³-hybridized carbons (Fsp3) is 0.500. The second-order valence-electron chi connectivity index (χ2n) is 3.77. The molecular weight excluding hydrogens is 249 g/mol. The first-order chi connectivity index (χ1) is 8.36. The van der Waals surface area contributed by atoms with E-state index in [4.69, 9.17) is 4.74 Å². The highest BCUT2D eigenvalue weighted by molar-refractivity contribution is 5.34. The highest BCUT2D eigenvalue weighted by atomic mass is 19.4. The van der Waals surface area contributed by atoms with Crippen LogP contribution in [0.15, 0.2) is 24.3 Å². The third-order valence-electron chi connectivity index (χ3n) is 2.46. The molecule has 1 N–H and O–H groups in total. The van der Waals surface area contributed by atoms with Crippen molar-refractivity contribution in [2.24, 2.45) is 0 Å². The molecule has 6 heteroatoms. The molecule has 0 spiro atoms. The molecule has 0 aliphatic carbocycles. The molecule has 0 saturated heterocycles. The molecule has 3 nitrogen and oxygen atoms in total. The number of alkyl halides is 3. The lowest BCUT2D eigenvalue weighted by Gasteiger charge is -2.19. The molecule has 0 amide bonds. The zero-order valence-electron chi connectivity index (χ0n) is 10.1. The first-order valence-corrected chi connectivity index (χ1v) is 5.35. The Morgan fingerprint density at radius 2 is 1.89 bits per heavy atom. The smallest absolute Gasteiger partial charge is 0.414 e. The summed E-state index contributed by atoms with van der Waals surface area (Å²) in [5, 5.41) is 9.77. The van der Waals surface area contributed by atoms with Crippen molar-refractivity contribution in [2.45, 2.75) is 25.3 Å². The minimum Gasteiger partial charge on any atom is -0.496 e. The Kier molecular flexibility index (Phi) is 4.98. The van der Waals surface area contributed by atoms with Crippen molar-refractivity contribution >= 4 is 0 Å². The van der Waals surface area contributed by atoms with Crippen LogP contribution in [-0.4, -0.2) is 31.1 Å². The van der Waals surface area contributed by atoms with E-state index in [1.165, 1.54) is 7.11 Å². The van der Waals surface area contributed by atoms with Gasteiger partial charge in [-0.05, 0) is 13.0 Å². The van der Waals surface area contributed by atoms with Crippen LogP contribution in [0, 0.1) is 0 Å². The van der Waals surface area contributed by atoms with Crippen molar-refractivity contribution in [3.8, 4) is 5.75 Å². The number of para-hydroxylation sites is 1. The molecule has 0 radical (unpaired) electrons. The lowest BCUT2D eigenvalue weighted by Crippen LogP contribution is -2.30. The van der Waals surface area contributed by atoms with Crippen LogP contribution in [0.5, 0.6) is 5.75 Å². The molecule has 0 aromatic heterocycles. The van der Waals surface area contributed by atoms with E-state index in [2.05, 4.69) is 4.74 Å². The number of aliphatic hydroxyl groups is 1. The van der Waals surface area contributed by atoms with E-state index < -0.39 is 25.0 Å². The number of rotatable bonds is 5. The molecule has 102 valence electrons. The number of aliphatic hydroxyl groups excluding tert-OH is 1. The van der Waals surface area contributed by atoms with E-state index in [1.807, 2.05) is 0 Å². The van der Waals surface area contributed by atoms with Gasteiger partial charge in [-0.2, -0.15) is 13.2 Å². The Hall–Kier alpha value is -1.27. The summed E-state index contributed by atoms with van der Waals surface area (Å²) in [6.45, 7) is 0.454. The maximum Gasteiger partial charge on any atom is 0.414 e. The molecule has 2 atom stereocenters. The molecule has 1 aromatic carbocycles. The molecule has 0 bridgehead atoms. The number of ether oxygens (including phenoxy) is 2. The van der Waals surface area contributed by atoms with Gasteiger partial charge < -0.3 is 14.6 Å². The van der Waals surface area contributed by atoms with Gasteiger partial charge in [0.15, 0.2) is 6.10 Å². The van der Waals surface area contributed by atoms with E-state index in [9.17, 15) is 18.3 Å². The topological polar surface area (TPSA) is 38.7 Å². The van der Waals surface area contributed by atoms with Gasteiger partial charge in [0.2, 0.25) is 0 Å². The fourth-order valence-electron chi connectivity index (χ4n) is 1.36. The highest BCUT2D eigenvalue weighted by Gasteiger charge is 2.37. The molecule has 0 heterocycles.